The molecular formula is C15H19N3O2S. The third-order valence-electron chi connectivity index (χ3n) is 3.93. The maximum absolute atomic E-state index is 12.6. The van der Waals surface area contributed by atoms with Crippen LogP contribution in [-0.4, -0.2) is 28.8 Å². The third kappa shape index (κ3) is 2.87. The van der Waals surface area contributed by atoms with Gasteiger partial charge in [-0.15, -0.1) is 0 Å². The van der Waals surface area contributed by atoms with Gasteiger partial charge in [-0.2, -0.15) is 4.31 Å². The Balaban J connectivity index is 1.80. The number of aromatic nitrogens is 2. The molecule has 0 unspecified atom stereocenters. The molecule has 1 aliphatic rings. The van der Waals surface area contributed by atoms with E-state index in [9.17, 15) is 8.42 Å². The predicted molar refractivity (Wildman–Crippen MR) is 81.1 cm³/mol. The Morgan fingerprint density at radius 2 is 1.95 bits per heavy atom. The number of hydrogen-bond acceptors (Lipinski definition) is 3. The molecule has 0 amide bonds. The molecule has 0 saturated heterocycles. The van der Waals surface area contributed by atoms with E-state index in [0.717, 1.165) is 22.5 Å². The van der Waals surface area contributed by atoms with Gasteiger partial charge in [0, 0.05) is 20.0 Å². The van der Waals surface area contributed by atoms with E-state index >= 15 is 0 Å². The van der Waals surface area contributed by atoms with Crippen molar-refractivity contribution in [1.82, 2.24) is 13.9 Å². The summed E-state index contributed by atoms with van der Waals surface area (Å²) >= 11 is 0. The van der Waals surface area contributed by atoms with Crippen molar-refractivity contribution in [2.75, 3.05) is 6.54 Å². The number of imidazole rings is 1. The molecule has 1 aromatic heterocycles. The lowest BCUT2D eigenvalue weighted by Gasteiger charge is -2.26. The van der Waals surface area contributed by atoms with E-state index in [1.54, 1.807) is 10.6 Å². The number of sulfonamides is 1. The SMILES string of the molecule is Cc1ccc(CS(=O)(=O)N2CCc3ncn(C)c3C2)cc1. The van der Waals surface area contributed by atoms with Crippen molar-refractivity contribution in [3.05, 3.63) is 53.1 Å². The minimum absolute atomic E-state index is 0.0560. The van der Waals surface area contributed by atoms with E-state index < -0.39 is 10.0 Å². The fourth-order valence-corrected chi connectivity index (χ4v) is 4.10. The molecule has 0 radical (unpaired) electrons. The van der Waals surface area contributed by atoms with Crippen LogP contribution >= 0.6 is 0 Å². The summed E-state index contributed by atoms with van der Waals surface area (Å²) in [7, 11) is -1.39. The monoisotopic (exact) mass is 305 g/mol. The van der Waals surface area contributed by atoms with Crippen LogP contribution in [0.3, 0.4) is 0 Å². The van der Waals surface area contributed by atoms with E-state index in [0.29, 0.717) is 19.5 Å². The number of nitrogens with zero attached hydrogens (tertiary/aromatic N) is 3. The average molecular weight is 305 g/mol. The smallest absolute Gasteiger partial charge is 0.218 e. The van der Waals surface area contributed by atoms with Gasteiger partial charge in [-0.25, -0.2) is 13.4 Å². The Morgan fingerprint density at radius 3 is 2.67 bits per heavy atom. The van der Waals surface area contributed by atoms with Gasteiger partial charge in [-0.3, -0.25) is 0 Å². The van der Waals surface area contributed by atoms with Gasteiger partial charge in [-0.1, -0.05) is 29.8 Å². The van der Waals surface area contributed by atoms with Crippen LogP contribution in [0.25, 0.3) is 0 Å². The molecule has 0 atom stereocenters. The van der Waals surface area contributed by atoms with Crippen LogP contribution in [0.2, 0.25) is 0 Å². The number of benzene rings is 1. The van der Waals surface area contributed by atoms with Crippen LogP contribution < -0.4 is 0 Å². The van der Waals surface area contributed by atoms with Gasteiger partial charge in [0.1, 0.15) is 0 Å². The first-order chi connectivity index (χ1) is 9.95. The number of hydrogen-bond donors (Lipinski definition) is 0. The Labute approximate surface area is 125 Å². The van der Waals surface area contributed by atoms with Gasteiger partial charge >= 0.3 is 0 Å². The van der Waals surface area contributed by atoms with Crippen molar-refractivity contribution in [2.45, 2.75) is 25.6 Å². The van der Waals surface area contributed by atoms with Crippen LogP contribution in [0.5, 0.6) is 0 Å². The summed E-state index contributed by atoms with van der Waals surface area (Å²) < 4.78 is 28.6. The molecule has 5 nitrogen and oxygen atoms in total. The van der Waals surface area contributed by atoms with Gasteiger partial charge in [0.2, 0.25) is 10.0 Å². The molecule has 3 rings (SSSR count). The first-order valence-electron chi connectivity index (χ1n) is 6.98. The first kappa shape index (κ1) is 14.3. The van der Waals surface area contributed by atoms with Crippen LogP contribution in [0.15, 0.2) is 30.6 Å². The highest BCUT2D eigenvalue weighted by molar-refractivity contribution is 7.88. The normalized spacial score (nSPS) is 15.9. The maximum atomic E-state index is 12.6. The predicted octanol–water partition coefficient (Wildman–Crippen LogP) is 1.62. The molecule has 6 heteroatoms. The highest BCUT2D eigenvalue weighted by Gasteiger charge is 2.28. The zero-order valence-electron chi connectivity index (χ0n) is 12.3. The van der Waals surface area contributed by atoms with Crippen LogP contribution in [-0.2, 0) is 35.8 Å². The summed E-state index contributed by atoms with van der Waals surface area (Å²) in [5.41, 5.74) is 3.97. The largest absolute Gasteiger partial charge is 0.336 e. The van der Waals surface area contributed by atoms with Gasteiger partial charge in [0.05, 0.1) is 30.0 Å². The van der Waals surface area contributed by atoms with Crippen molar-refractivity contribution in [3.63, 3.8) is 0 Å². The fraction of sp³-hybridized carbons (Fsp3) is 0.400. The van der Waals surface area contributed by atoms with E-state index in [4.69, 9.17) is 0 Å². The molecule has 2 aromatic rings. The van der Waals surface area contributed by atoms with E-state index in [1.165, 1.54) is 0 Å². The summed E-state index contributed by atoms with van der Waals surface area (Å²) in [5.74, 6) is 0.0560. The van der Waals surface area contributed by atoms with Crippen LogP contribution in [0, 0.1) is 6.92 Å². The minimum Gasteiger partial charge on any atom is -0.336 e. The zero-order chi connectivity index (χ0) is 15.0. The van der Waals surface area contributed by atoms with Crippen molar-refractivity contribution < 1.29 is 8.42 Å². The lowest BCUT2D eigenvalue weighted by molar-refractivity contribution is 0.379. The van der Waals surface area contributed by atoms with E-state index in [1.807, 2.05) is 42.8 Å². The molecule has 0 saturated carbocycles. The Morgan fingerprint density at radius 1 is 1.24 bits per heavy atom. The van der Waals surface area contributed by atoms with E-state index in [2.05, 4.69) is 4.98 Å². The third-order valence-corrected chi connectivity index (χ3v) is 5.73. The molecule has 0 N–H and O–H groups in total. The minimum atomic E-state index is -3.29. The molecule has 112 valence electrons. The van der Waals surface area contributed by atoms with Gasteiger partial charge in [0.15, 0.2) is 0 Å². The molecule has 1 aromatic carbocycles. The van der Waals surface area contributed by atoms with Gasteiger partial charge < -0.3 is 4.57 Å². The molecule has 0 bridgehead atoms. The zero-order valence-corrected chi connectivity index (χ0v) is 13.1. The van der Waals surface area contributed by atoms with Crippen molar-refractivity contribution in [1.29, 1.82) is 0 Å². The van der Waals surface area contributed by atoms with Crippen molar-refractivity contribution in [3.8, 4) is 0 Å². The second-order valence-corrected chi connectivity index (χ2v) is 7.54. The highest BCUT2D eigenvalue weighted by atomic mass is 32.2. The molecule has 21 heavy (non-hydrogen) atoms. The Hall–Kier alpha value is -1.66. The maximum Gasteiger partial charge on any atom is 0.218 e. The summed E-state index contributed by atoms with van der Waals surface area (Å²) in [4.78, 5) is 4.31. The van der Waals surface area contributed by atoms with Crippen LogP contribution in [0.4, 0.5) is 0 Å². The quantitative estimate of drug-likeness (QED) is 0.866. The summed E-state index contributed by atoms with van der Waals surface area (Å²) in [5, 5.41) is 0. The molecule has 1 aliphatic heterocycles. The first-order valence-corrected chi connectivity index (χ1v) is 8.59. The Kier molecular flexibility index (Phi) is 3.59. The lowest BCUT2D eigenvalue weighted by Crippen LogP contribution is -2.37. The summed E-state index contributed by atoms with van der Waals surface area (Å²) in [6.07, 6.45) is 2.43. The second kappa shape index (κ2) is 5.27. The van der Waals surface area contributed by atoms with Gasteiger partial charge in [0.25, 0.3) is 0 Å². The molecular weight excluding hydrogens is 286 g/mol. The number of rotatable bonds is 3. The topological polar surface area (TPSA) is 55.2 Å². The van der Waals surface area contributed by atoms with E-state index in [-0.39, 0.29) is 5.75 Å². The second-order valence-electron chi connectivity index (χ2n) is 5.57. The standard InChI is InChI=1S/C15H19N3O2S/c1-12-3-5-13(6-4-12)10-21(19,20)18-8-7-14-15(9-18)17(2)11-16-14/h3-6,11H,7-10H2,1-2H3. The molecule has 0 spiro atoms. The molecule has 2 heterocycles. The average Bonchev–Trinajstić information content (AvgIpc) is 2.82. The highest BCUT2D eigenvalue weighted by Crippen LogP contribution is 2.21. The van der Waals surface area contributed by atoms with Crippen molar-refractivity contribution >= 4 is 10.0 Å². The Bertz CT molecular complexity index is 748. The van der Waals surface area contributed by atoms with Gasteiger partial charge in [-0.05, 0) is 12.5 Å². The lowest BCUT2D eigenvalue weighted by atomic mass is 10.2. The van der Waals surface area contributed by atoms with Crippen molar-refractivity contribution in [2.24, 2.45) is 7.05 Å². The molecule has 0 fully saturated rings. The number of fused-ring (bicyclic) bond motifs is 1. The summed E-state index contributed by atoms with van der Waals surface area (Å²) in [6.45, 7) is 2.92. The molecule has 0 aliphatic carbocycles. The fourth-order valence-electron chi connectivity index (χ4n) is 2.62. The number of aryl methyl sites for hydroxylation is 2. The van der Waals surface area contributed by atoms with Crippen LogP contribution in [0.1, 0.15) is 22.5 Å². The summed E-state index contributed by atoms with van der Waals surface area (Å²) in [6, 6.07) is 7.65.